The monoisotopic (exact) mass is 420 g/mol. The van der Waals surface area contributed by atoms with Crippen LogP contribution in [-0.2, 0) is 11.2 Å². The summed E-state index contributed by atoms with van der Waals surface area (Å²) in [6.45, 7) is 1.89. The van der Waals surface area contributed by atoms with Crippen molar-refractivity contribution in [3.8, 4) is 6.07 Å². The van der Waals surface area contributed by atoms with E-state index in [2.05, 4.69) is 5.32 Å². The topological polar surface area (TPSA) is 52.9 Å². The van der Waals surface area contributed by atoms with Crippen LogP contribution in [0.4, 0.5) is 10.1 Å². The van der Waals surface area contributed by atoms with Gasteiger partial charge in [-0.2, -0.15) is 5.26 Å². The molecule has 0 aliphatic rings. The van der Waals surface area contributed by atoms with E-state index in [9.17, 15) is 14.4 Å². The van der Waals surface area contributed by atoms with Crippen LogP contribution in [0.5, 0.6) is 0 Å². The van der Waals surface area contributed by atoms with E-state index >= 15 is 0 Å². The number of nitriles is 1. The fourth-order valence-corrected chi connectivity index (χ4v) is 3.71. The Morgan fingerprint density at radius 2 is 1.66 bits per heavy atom. The van der Waals surface area contributed by atoms with Gasteiger partial charge in [-0.25, -0.2) is 4.39 Å². The van der Waals surface area contributed by atoms with Crippen molar-refractivity contribution >= 4 is 28.4 Å². The summed E-state index contributed by atoms with van der Waals surface area (Å²) in [6, 6.07) is 27.7. The van der Waals surface area contributed by atoms with E-state index in [1.165, 1.54) is 6.07 Å². The Bertz CT molecular complexity index is 1380. The Morgan fingerprint density at radius 3 is 2.44 bits per heavy atom. The van der Waals surface area contributed by atoms with Crippen LogP contribution >= 0.6 is 0 Å². The number of rotatable bonds is 5. The fraction of sp³-hybridized carbons (Fsp3) is 0.0714. The van der Waals surface area contributed by atoms with Crippen LogP contribution in [0.15, 0.2) is 90.5 Å². The van der Waals surface area contributed by atoms with Gasteiger partial charge >= 0.3 is 0 Å². The molecule has 0 fully saturated rings. The highest BCUT2D eigenvalue weighted by Crippen LogP contribution is 2.28. The van der Waals surface area contributed by atoms with Gasteiger partial charge in [0.2, 0.25) is 0 Å². The molecule has 0 aromatic heterocycles. The van der Waals surface area contributed by atoms with Crippen molar-refractivity contribution in [2.75, 3.05) is 5.32 Å². The molecule has 32 heavy (non-hydrogen) atoms. The molecule has 0 saturated carbocycles. The van der Waals surface area contributed by atoms with E-state index in [1.54, 1.807) is 30.3 Å². The third kappa shape index (κ3) is 4.43. The summed E-state index contributed by atoms with van der Waals surface area (Å²) in [7, 11) is 0. The van der Waals surface area contributed by atoms with Crippen LogP contribution in [-0.4, -0.2) is 5.91 Å². The molecule has 0 aliphatic heterocycles. The number of benzene rings is 4. The van der Waals surface area contributed by atoms with Crippen LogP contribution in [0.25, 0.3) is 16.8 Å². The second-order valence-electron chi connectivity index (χ2n) is 7.57. The average molecular weight is 420 g/mol. The van der Waals surface area contributed by atoms with Gasteiger partial charge in [-0.3, -0.25) is 4.79 Å². The number of fused-ring (bicyclic) bond motifs is 1. The number of amides is 1. The molecular formula is C28H21FN2O. The van der Waals surface area contributed by atoms with Gasteiger partial charge < -0.3 is 5.32 Å². The van der Waals surface area contributed by atoms with Crippen molar-refractivity contribution in [3.05, 3.63) is 119 Å². The molecule has 4 aromatic carbocycles. The van der Waals surface area contributed by atoms with E-state index in [0.717, 1.165) is 27.5 Å². The van der Waals surface area contributed by atoms with E-state index < -0.39 is 5.91 Å². The van der Waals surface area contributed by atoms with Crippen molar-refractivity contribution in [2.45, 2.75) is 13.3 Å². The maximum absolute atomic E-state index is 14.3. The first kappa shape index (κ1) is 21.0. The van der Waals surface area contributed by atoms with E-state index in [0.29, 0.717) is 17.7 Å². The highest BCUT2D eigenvalue weighted by molar-refractivity contribution is 6.11. The Hall–Kier alpha value is -4.23. The Morgan fingerprint density at radius 1 is 0.938 bits per heavy atom. The molecule has 4 aromatic rings. The molecule has 0 aliphatic carbocycles. The number of carbonyl (C=O) groups is 1. The van der Waals surface area contributed by atoms with Gasteiger partial charge in [0.05, 0.1) is 0 Å². The lowest BCUT2D eigenvalue weighted by Gasteiger charge is -2.12. The molecule has 1 N–H and O–H groups in total. The molecule has 4 rings (SSSR count). The van der Waals surface area contributed by atoms with Crippen molar-refractivity contribution in [3.63, 3.8) is 0 Å². The molecule has 0 spiro atoms. The first-order chi connectivity index (χ1) is 15.6. The molecule has 0 heterocycles. The summed E-state index contributed by atoms with van der Waals surface area (Å²) in [4.78, 5) is 12.9. The SMILES string of the molecule is Cc1ccccc1NC(=O)/C(C#N)=C/c1c(Cc2ccccc2F)ccc2ccccc12. The normalized spacial score (nSPS) is 11.2. The molecule has 4 heteroatoms. The predicted molar refractivity (Wildman–Crippen MR) is 127 cm³/mol. The van der Waals surface area contributed by atoms with Crippen LogP contribution in [0.1, 0.15) is 22.3 Å². The van der Waals surface area contributed by atoms with E-state index in [-0.39, 0.29) is 11.4 Å². The lowest BCUT2D eigenvalue weighted by Crippen LogP contribution is -2.14. The van der Waals surface area contributed by atoms with Crippen LogP contribution in [0.2, 0.25) is 0 Å². The minimum absolute atomic E-state index is 0.0145. The molecule has 0 atom stereocenters. The smallest absolute Gasteiger partial charge is 0.266 e. The molecule has 0 saturated heterocycles. The van der Waals surface area contributed by atoms with Gasteiger partial charge in [0, 0.05) is 12.1 Å². The molecule has 0 radical (unpaired) electrons. The summed E-state index contributed by atoms with van der Waals surface area (Å²) < 4.78 is 14.3. The summed E-state index contributed by atoms with van der Waals surface area (Å²) in [5.41, 5.74) is 3.68. The van der Waals surface area contributed by atoms with Gasteiger partial charge in [0.25, 0.3) is 5.91 Å². The standard InChI is InChI=1S/C28H21FN2O/c1-19-8-2-7-13-27(19)31-28(32)23(18-30)17-25-21(16-22-10-4-6-12-26(22)29)15-14-20-9-3-5-11-24(20)25/h2-15,17H,16H2,1H3,(H,31,32)/b23-17+. The second kappa shape index (κ2) is 9.28. The molecule has 1 amide bonds. The van der Waals surface area contributed by atoms with Crippen LogP contribution in [0.3, 0.4) is 0 Å². The summed E-state index contributed by atoms with van der Waals surface area (Å²) >= 11 is 0. The molecular weight excluding hydrogens is 399 g/mol. The second-order valence-corrected chi connectivity index (χ2v) is 7.57. The zero-order valence-corrected chi connectivity index (χ0v) is 17.6. The van der Waals surface area contributed by atoms with Crippen LogP contribution < -0.4 is 5.32 Å². The van der Waals surface area contributed by atoms with Gasteiger partial charge in [-0.05, 0) is 58.2 Å². The van der Waals surface area contributed by atoms with Crippen molar-refractivity contribution in [2.24, 2.45) is 0 Å². The maximum atomic E-state index is 14.3. The minimum Gasteiger partial charge on any atom is -0.321 e. The van der Waals surface area contributed by atoms with E-state index in [4.69, 9.17) is 0 Å². The predicted octanol–water partition coefficient (Wildman–Crippen LogP) is 6.42. The third-order valence-corrected chi connectivity index (χ3v) is 5.45. The molecule has 156 valence electrons. The number of nitrogens with zero attached hydrogens (tertiary/aromatic N) is 1. The highest BCUT2D eigenvalue weighted by Gasteiger charge is 2.15. The zero-order valence-electron chi connectivity index (χ0n) is 17.6. The lowest BCUT2D eigenvalue weighted by atomic mass is 9.93. The number of anilines is 1. The largest absolute Gasteiger partial charge is 0.321 e. The molecule has 3 nitrogen and oxygen atoms in total. The lowest BCUT2D eigenvalue weighted by molar-refractivity contribution is -0.112. The zero-order chi connectivity index (χ0) is 22.5. The number of aryl methyl sites for hydroxylation is 1. The first-order valence-corrected chi connectivity index (χ1v) is 10.3. The summed E-state index contributed by atoms with van der Waals surface area (Å²) in [5, 5.41) is 14.5. The van der Waals surface area contributed by atoms with E-state index in [1.807, 2.05) is 67.6 Å². The van der Waals surface area contributed by atoms with Crippen molar-refractivity contribution < 1.29 is 9.18 Å². The number of hydrogen-bond donors (Lipinski definition) is 1. The molecule has 0 unspecified atom stereocenters. The minimum atomic E-state index is -0.480. The van der Waals surface area contributed by atoms with Gasteiger partial charge in [0.15, 0.2) is 0 Å². The van der Waals surface area contributed by atoms with Crippen molar-refractivity contribution in [1.82, 2.24) is 0 Å². The van der Waals surface area contributed by atoms with Gasteiger partial charge in [0.1, 0.15) is 17.5 Å². The number of hydrogen-bond acceptors (Lipinski definition) is 2. The number of nitrogens with one attached hydrogen (secondary N) is 1. The fourth-order valence-electron chi connectivity index (χ4n) is 3.71. The Kier molecular flexibility index (Phi) is 6.10. The third-order valence-electron chi connectivity index (χ3n) is 5.45. The van der Waals surface area contributed by atoms with Gasteiger partial charge in [-0.1, -0.05) is 72.8 Å². The highest BCUT2D eigenvalue weighted by atomic mass is 19.1. The van der Waals surface area contributed by atoms with Crippen molar-refractivity contribution in [1.29, 1.82) is 5.26 Å². The maximum Gasteiger partial charge on any atom is 0.266 e. The van der Waals surface area contributed by atoms with Crippen LogP contribution in [0, 0.1) is 24.1 Å². The van der Waals surface area contributed by atoms with Gasteiger partial charge in [-0.15, -0.1) is 0 Å². The Labute approximate surface area is 186 Å². The number of carbonyl (C=O) groups excluding carboxylic acids is 1. The number of halogens is 1. The average Bonchev–Trinajstić information content (AvgIpc) is 2.81. The summed E-state index contributed by atoms with van der Waals surface area (Å²) in [6.07, 6.45) is 1.95. The summed E-state index contributed by atoms with van der Waals surface area (Å²) in [5.74, 6) is -0.764. The number of para-hydroxylation sites is 1. The molecule has 0 bridgehead atoms. The first-order valence-electron chi connectivity index (χ1n) is 10.3. The quantitative estimate of drug-likeness (QED) is 0.299. The Balaban J connectivity index is 1.79.